The molecule has 4 nitrogen and oxygen atoms in total. The van der Waals surface area contributed by atoms with Crippen molar-refractivity contribution in [2.24, 2.45) is 17.6 Å². The fraction of sp³-hybridized carbons (Fsp3) is 0.409. The van der Waals surface area contributed by atoms with E-state index in [1.54, 1.807) is 0 Å². The average Bonchev–Trinajstić information content (AvgIpc) is 3.16. The Morgan fingerprint density at radius 3 is 2.78 bits per heavy atom. The maximum Gasteiger partial charge on any atom is 0.224 e. The molecule has 1 saturated heterocycles. The Morgan fingerprint density at radius 1 is 1.30 bits per heavy atom. The van der Waals surface area contributed by atoms with Crippen molar-refractivity contribution in [3.05, 3.63) is 64.7 Å². The molecule has 1 fully saturated rings. The molecule has 0 aromatic heterocycles. The van der Waals surface area contributed by atoms with Gasteiger partial charge in [-0.15, -0.1) is 0 Å². The lowest BCUT2D eigenvalue weighted by molar-refractivity contribution is -0.125. The van der Waals surface area contributed by atoms with Gasteiger partial charge in [0.25, 0.3) is 0 Å². The predicted molar refractivity (Wildman–Crippen MR) is 112 cm³/mol. The Bertz CT molecular complexity index is 780. The first-order chi connectivity index (χ1) is 13.0. The summed E-state index contributed by atoms with van der Waals surface area (Å²) >= 11 is 6.15. The van der Waals surface area contributed by atoms with E-state index in [1.807, 2.05) is 49.4 Å². The van der Waals surface area contributed by atoms with Gasteiger partial charge in [0, 0.05) is 36.4 Å². The van der Waals surface area contributed by atoms with Gasteiger partial charge < -0.3 is 16.0 Å². The minimum atomic E-state index is -0.291. The highest BCUT2D eigenvalue weighted by molar-refractivity contribution is 6.30. The number of benzene rings is 2. The number of halogens is 1. The minimum absolute atomic E-state index is 0.0174. The minimum Gasteiger partial charge on any atom is -0.371 e. The monoisotopic (exact) mass is 385 g/mol. The van der Waals surface area contributed by atoms with Crippen LogP contribution in [0.5, 0.6) is 0 Å². The van der Waals surface area contributed by atoms with Crippen molar-refractivity contribution in [1.29, 1.82) is 0 Å². The Kier molecular flexibility index (Phi) is 6.40. The summed E-state index contributed by atoms with van der Waals surface area (Å²) in [6, 6.07) is 15.5. The Hall–Kier alpha value is -2.04. The molecule has 1 aliphatic heterocycles. The first-order valence-electron chi connectivity index (χ1n) is 9.55. The zero-order chi connectivity index (χ0) is 19.4. The Morgan fingerprint density at radius 2 is 2.04 bits per heavy atom. The number of nitrogens with one attached hydrogen (secondary N) is 1. The third-order valence-electron chi connectivity index (χ3n) is 5.50. The van der Waals surface area contributed by atoms with Crippen molar-refractivity contribution < 1.29 is 4.79 Å². The molecule has 3 N–H and O–H groups in total. The largest absolute Gasteiger partial charge is 0.371 e. The van der Waals surface area contributed by atoms with Crippen LogP contribution in [-0.4, -0.2) is 25.5 Å². The molecule has 1 aliphatic rings. The van der Waals surface area contributed by atoms with Crippen LogP contribution in [0.15, 0.2) is 48.5 Å². The number of carbonyl (C=O) groups excluding carboxylic acids is 1. The van der Waals surface area contributed by atoms with Gasteiger partial charge in [-0.3, -0.25) is 4.79 Å². The summed E-state index contributed by atoms with van der Waals surface area (Å²) in [6.07, 6.45) is 1.06. The summed E-state index contributed by atoms with van der Waals surface area (Å²) in [4.78, 5) is 14.9. The van der Waals surface area contributed by atoms with E-state index in [9.17, 15) is 4.79 Å². The molecular formula is C22H28ClN3O. The second-order valence-electron chi connectivity index (χ2n) is 7.50. The summed E-state index contributed by atoms with van der Waals surface area (Å²) in [5, 5.41) is 3.86. The smallest absolute Gasteiger partial charge is 0.224 e. The average molecular weight is 386 g/mol. The number of nitrogens with zero attached hydrogens (tertiary/aromatic N) is 1. The maximum absolute atomic E-state index is 12.5. The molecule has 3 unspecified atom stereocenters. The fourth-order valence-electron chi connectivity index (χ4n) is 3.67. The van der Waals surface area contributed by atoms with Crippen molar-refractivity contribution in [2.45, 2.75) is 26.3 Å². The molecule has 144 valence electrons. The quantitative estimate of drug-likeness (QED) is 0.792. The molecule has 2 aromatic carbocycles. The van der Waals surface area contributed by atoms with Gasteiger partial charge >= 0.3 is 0 Å². The van der Waals surface area contributed by atoms with E-state index in [0.717, 1.165) is 30.1 Å². The number of rotatable bonds is 6. The van der Waals surface area contributed by atoms with Crippen LogP contribution in [0.4, 0.5) is 5.69 Å². The van der Waals surface area contributed by atoms with Gasteiger partial charge in [-0.1, -0.05) is 54.9 Å². The molecule has 27 heavy (non-hydrogen) atoms. The number of anilines is 1. The van der Waals surface area contributed by atoms with Crippen LogP contribution in [0, 0.1) is 18.8 Å². The van der Waals surface area contributed by atoms with Gasteiger partial charge in [0.1, 0.15) is 0 Å². The van der Waals surface area contributed by atoms with Crippen LogP contribution in [0.2, 0.25) is 5.02 Å². The molecule has 3 rings (SSSR count). The van der Waals surface area contributed by atoms with E-state index in [2.05, 4.69) is 23.2 Å². The zero-order valence-electron chi connectivity index (χ0n) is 16.0. The van der Waals surface area contributed by atoms with Crippen molar-refractivity contribution >= 4 is 23.2 Å². The molecule has 0 radical (unpaired) electrons. The molecule has 0 aliphatic carbocycles. The van der Waals surface area contributed by atoms with E-state index in [4.69, 9.17) is 17.3 Å². The number of amides is 1. The summed E-state index contributed by atoms with van der Waals surface area (Å²) in [7, 11) is 0. The number of nitrogens with two attached hydrogens (primary N) is 1. The van der Waals surface area contributed by atoms with Gasteiger partial charge in [0.15, 0.2) is 0 Å². The lowest BCUT2D eigenvalue weighted by Crippen LogP contribution is -2.38. The summed E-state index contributed by atoms with van der Waals surface area (Å²) in [6.45, 7) is 6.60. The van der Waals surface area contributed by atoms with Gasteiger partial charge in [0.05, 0.1) is 5.92 Å². The summed E-state index contributed by atoms with van der Waals surface area (Å²) < 4.78 is 0. The van der Waals surface area contributed by atoms with Crippen LogP contribution in [-0.2, 0) is 4.79 Å². The first kappa shape index (κ1) is 19.7. The number of carbonyl (C=O) groups is 1. The molecule has 0 saturated carbocycles. The summed E-state index contributed by atoms with van der Waals surface area (Å²) in [5.74, 6) is 0.191. The Balaban J connectivity index is 1.52. The topological polar surface area (TPSA) is 58.4 Å². The van der Waals surface area contributed by atoms with Crippen LogP contribution >= 0.6 is 11.6 Å². The predicted octanol–water partition coefficient (Wildman–Crippen LogP) is 3.93. The molecule has 5 heteroatoms. The van der Waals surface area contributed by atoms with Crippen LogP contribution < -0.4 is 16.0 Å². The Labute approximate surface area is 166 Å². The van der Waals surface area contributed by atoms with Crippen molar-refractivity contribution in [2.75, 3.05) is 24.5 Å². The van der Waals surface area contributed by atoms with Gasteiger partial charge in [-0.2, -0.15) is 0 Å². The molecule has 0 bridgehead atoms. The standard InChI is InChI=1S/C22H28ClN3O/c1-15-8-9-19(23)12-20(15)26-11-10-17(14-26)13-25-22(27)16(2)21(24)18-6-4-3-5-7-18/h3-9,12,16-17,21H,10-11,13-14,24H2,1-2H3,(H,25,27). The zero-order valence-corrected chi connectivity index (χ0v) is 16.7. The normalized spacial score (nSPS) is 19.0. The van der Waals surface area contributed by atoms with Crippen molar-refractivity contribution in [3.63, 3.8) is 0 Å². The van der Waals surface area contributed by atoms with Crippen LogP contribution in [0.1, 0.15) is 30.5 Å². The molecule has 2 aromatic rings. The molecule has 1 heterocycles. The summed E-state index contributed by atoms with van der Waals surface area (Å²) in [5.41, 5.74) is 9.68. The van der Waals surface area contributed by atoms with Gasteiger partial charge in [-0.25, -0.2) is 0 Å². The third-order valence-corrected chi connectivity index (χ3v) is 5.73. The van der Waals surface area contributed by atoms with E-state index in [0.29, 0.717) is 12.5 Å². The van der Waals surface area contributed by atoms with Crippen LogP contribution in [0.3, 0.4) is 0 Å². The number of hydrogen-bond acceptors (Lipinski definition) is 3. The van der Waals surface area contributed by atoms with Gasteiger partial charge in [0.2, 0.25) is 5.91 Å². The number of hydrogen-bond donors (Lipinski definition) is 2. The highest BCUT2D eigenvalue weighted by atomic mass is 35.5. The first-order valence-corrected chi connectivity index (χ1v) is 9.93. The third kappa shape index (κ3) is 4.82. The van der Waals surface area contributed by atoms with E-state index < -0.39 is 0 Å². The lowest BCUT2D eigenvalue weighted by atomic mass is 9.94. The SMILES string of the molecule is Cc1ccc(Cl)cc1N1CCC(CNC(=O)C(C)C(N)c2ccccc2)C1. The molecular weight excluding hydrogens is 358 g/mol. The van der Waals surface area contributed by atoms with E-state index in [-0.39, 0.29) is 17.9 Å². The van der Waals surface area contributed by atoms with E-state index in [1.165, 1.54) is 11.3 Å². The van der Waals surface area contributed by atoms with Crippen LogP contribution in [0.25, 0.3) is 0 Å². The van der Waals surface area contributed by atoms with Crippen molar-refractivity contribution in [3.8, 4) is 0 Å². The highest BCUT2D eigenvalue weighted by Crippen LogP contribution is 2.29. The molecule has 0 spiro atoms. The second-order valence-corrected chi connectivity index (χ2v) is 7.94. The van der Waals surface area contributed by atoms with Gasteiger partial charge in [-0.05, 0) is 42.5 Å². The second kappa shape index (κ2) is 8.77. The van der Waals surface area contributed by atoms with E-state index >= 15 is 0 Å². The number of aryl methyl sites for hydroxylation is 1. The fourth-order valence-corrected chi connectivity index (χ4v) is 3.84. The highest BCUT2D eigenvalue weighted by Gasteiger charge is 2.26. The molecule has 3 atom stereocenters. The van der Waals surface area contributed by atoms with Crippen molar-refractivity contribution in [1.82, 2.24) is 5.32 Å². The maximum atomic E-state index is 12.5. The lowest BCUT2D eigenvalue weighted by Gasteiger charge is -2.22. The molecule has 1 amide bonds.